The van der Waals surface area contributed by atoms with Crippen molar-refractivity contribution in [2.45, 2.75) is 17.9 Å². The van der Waals surface area contributed by atoms with Crippen LogP contribution < -0.4 is 0 Å². The van der Waals surface area contributed by atoms with Gasteiger partial charge in [0, 0.05) is 31.2 Å². The maximum Gasteiger partial charge on any atom is 0.244 e. The average molecular weight is 466 g/mol. The lowest BCUT2D eigenvalue weighted by Gasteiger charge is -2.39. The molecule has 3 aromatic carbocycles. The molecule has 4 rings (SSSR count). The minimum absolute atomic E-state index is 0.00644. The first-order valence-corrected chi connectivity index (χ1v) is 12.3. The second-order valence-corrected chi connectivity index (χ2v) is 10.3. The standard InChI is InChI=1S/C25H24ClN3O2S/c1-19-7-8-22(18-27)24(17-19)32(30,31)29-15-13-28(14-16-29)25(20-5-3-2-4-6-20)21-9-11-23(26)12-10-21/h2-12,17,25H,13-16H2,1H3. The molecule has 1 unspecified atom stereocenters. The van der Waals surface area contributed by atoms with E-state index in [2.05, 4.69) is 17.0 Å². The summed E-state index contributed by atoms with van der Waals surface area (Å²) in [6.07, 6.45) is 0. The predicted molar refractivity (Wildman–Crippen MR) is 126 cm³/mol. The molecule has 0 aliphatic carbocycles. The van der Waals surface area contributed by atoms with Crippen molar-refractivity contribution in [2.75, 3.05) is 26.2 Å². The smallest absolute Gasteiger partial charge is 0.244 e. The van der Waals surface area contributed by atoms with Crippen LogP contribution in [0.2, 0.25) is 5.02 Å². The van der Waals surface area contributed by atoms with E-state index in [1.807, 2.05) is 55.5 Å². The number of benzene rings is 3. The molecule has 0 bridgehead atoms. The Hall–Kier alpha value is -2.69. The lowest BCUT2D eigenvalue weighted by atomic mass is 9.96. The molecule has 1 heterocycles. The summed E-state index contributed by atoms with van der Waals surface area (Å²) >= 11 is 6.10. The highest BCUT2D eigenvalue weighted by atomic mass is 35.5. The van der Waals surface area contributed by atoms with Crippen LogP contribution in [0.25, 0.3) is 0 Å². The summed E-state index contributed by atoms with van der Waals surface area (Å²) < 4.78 is 28.1. The Labute approximate surface area is 194 Å². The topological polar surface area (TPSA) is 64.4 Å². The zero-order valence-electron chi connectivity index (χ0n) is 17.8. The van der Waals surface area contributed by atoms with Crippen LogP contribution in [-0.2, 0) is 10.0 Å². The van der Waals surface area contributed by atoms with Crippen molar-refractivity contribution >= 4 is 21.6 Å². The molecule has 0 aromatic heterocycles. The Morgan fingerprint density at radius 1 is 0.906 bits per heavy atom. The van der Waals surface area contributed by atoms with Crippen LogP contribution in [0.4, 0.5) is 0 Å². The molecule has 0 amide bonds. The Balaban J connectivity index is 1.59. The van der Waals surface area contributed by atoms with E-state index < -0.39 is 10.0 Å². The second kappa shape index (κ2) is 9.43. The van der Waals surface area contributed by atoms with Gasteiger partial charge in [0.25, 0.3) is 0 Å². The summed E-state index contributed by atoms with van der Waals surface area (Å²) in [6.45, 7) is 3.70. The van der Waals surface area contributed by atoms with Gasteiger partial charge in [-0.1, -0.05) is 60.1 Å². The molecule has 32 heavy (non-hydrogen) atoms. The Bertz CT molecular complexity index is 1230. The van der Waals surface area contributed by atoms with Gasteiger partial charge in [-0.05, 0) is 47.9 Å². The van der Waals surface area contributed by atoms with Crippen LogP contribution >= 0.6 is 11.6 Å². The molecule has 1 saturated heterocycles. The molecule has 164 valence electrons. The van der Waals surface area contributed by atoms with E-state index in [1.165, 1.54) is 4.31 Å². The molecule has 7 heteroatoms. The van der Waals surface area contributed by atoms with Crippen molar-refractivity contribution in [1.29, 1.82) is 5.26 Å². The van der Waals surface area contributed by atoms with Gasteiger partial charge in [-0.15, -0.1) is 0 Å². The van der Waals surface area contributed by atoms with E-state index in [4.69, 9.17) is 11.6 Å². The summed E-state index contributed by atoms with van der Waals surface area (Å²) in [4.78, 5) is 2.39. The predicted octanol–water partition coefficient (Wildman–Crippen LogP) is 4.62. The molecule has 0 saturated carbocycles. The third kappa shape index (κ3) is 4.57. The van der Waals surface area contributed by atoms with E-state index in [1.54, 1.807) is 18.2 Å². The van der Waals surface area contributed by atoms with Gasteiger partial charge in [0.1, 0.15) is 11.0 Å². The summed E-state index contributed by atoms with van der Waals surface area (Å²) in [5.41, 5.74) is 3.26. The van der Waals surface area contributed by atoms with E-state index in [0.717, 1.165) is 16.7 Å². The number of hydrogen-bond donors (Lipinski definition) is 0. The first-order chi connectivity index (χ1) is 15.4. The fraction of sp³-hybridized carbons (Fsp3) is 0.240. The van der Waals surface area contributed by atoms with Crippen LogP contribution in [0, 0.1) is 18.3 Å². The van der Waals surface area contributed by atoms with E-state index in [0.29, 0.717) is 31.2 Å². The third-order valence-electron chi connectivity index (χ3n) is 5.81. The minimum atomic E-state index is -3.74. The Morgan fingerprint density at radius 3 is 2.16 bits per heavy atom. The van der Waals surface area contributed by atoms with Crippen LogP contribution in [0.1, 0.15) is 28.3 Å². The van der Waals surface area contributed by atoms with Crippen LogP contribution in [0.15, 0.2) is 77.7 Å². The average Bonchev–Trinajstić information content (AvgIpc) is 2.81. The van der Waals surface area contributed by atoms with Gasteiger partial charge in [0.2, 0.25) is 10.0 Å². The molecule has 1 aliphatic heterocycles. The van der Waals surface area contributed by atoms with Gasteiger partial charge in [0.05, 0.1) is 11.6 Å². The highest BCUT2D eigenvalue weighted by Crippen LogP contribution is 2.31. The molecule has 1 atom stereocenters. The molecule has 5 nitrogen and oxygen atoms in total. The number of nitrogens with zero attached hydrogens (tertiary/aromatic N) is 3. The monoisotopic (exact) mass is 465 g/mol. The maximum atomic E-state index is 13.3. The first kappa shape index (κ1) is 22.5. The first-order valence-electron chi connectivity index (χ1n) is 10.5. The van der Waals surface area contributed by atoms with Gasteiger partial charge in [-0.3, -0.25) is 4.90 Å². The molecule has 3 aromatic rings. The number of halogens is 1. The lowest BCUT2D eigenvalue weighted by Crippen LogP contribution is -2.49. The molecular formula is C25H24ClN3O2S. The quantitative estimate of drug-likeness (QED) is 0.551. The number of aryl methyl sites for hydroxylation is 1. The zero-order chi connectivity index (χ0) is 22.7. The molecule has 1 fully saturated rings. The van der Waals surface area contributed by atoms with Crippen LogP contribution in [0.3, 0.4) is 0 Å². The second-order valence-electron chi connectivity index (χ2n) is 7.92. The Morgan fingerprint density at radius 2 is 1.53 bits per heavy atom. The summed E-state index contributed by atoms with van der Waals surface area (Å²) in [5, 5.41) is 10.1. The van der Waals surface area contributed by atoms with Crippen LogP contribution in [0.5, 0.6) is 0 Å². The van der Waals surface area contributed by atoms with E-state index >= 15 is 0 Å². The van der Waals surface area contributed by atoms with Gasteiger partial charge in [-0.25, -0.2) is 8.42 Å². The number of hydrogen-bond acceptors (Lipinski definition) is 4. The summed E-state index contributed by atoms with van der Waals surface area (Å²) in [7, 11) is -3.74. The van der Waals surface area contributed by atoms with Crippen LogP contribution in [-0.4, -0.2) is 43.8 Å². The molecule has 0 spiro atoms. The fourth-order valence-corrected chi connectivity index (χ4v) is 5.95. The SMILES string of the molecule is Cc1ccc(C#N)c(S(=O)(=O)N2CCN(C(c3ccccc3)c3ccc(Cl)cc3)CC2)c1. The summed E-state index contributed by atoms with van der Waals surface area (Å²) in [5.74, 6) is 0. The van der Waals surface area contributed by atoms with Crippen molar-refractivity contribution in [3.8, 4) is 6.07 Å². The highest BCUT2D eigenvalue weighted by molar-refractivity contribution is 7.89. The number of piperazine rings is 1. The van der Waals surface area contributed by atoms with Gasteiger partial charge in [0.15, 0.2) is 0 Å². The van der Waals surface area contributed by atoms with Crippen molar-refractivity contribution in [3.05, 3.63) is 100 Å². The van der Waals surface area contributed by atoms with Gasteiger partial charge < -0.3 is 0 Å². The van der Waals surface area contributed by atoms with Gasteiger partial charge >= 0.3 is 0 Å². The van der Waals surface area contributed by atoms with Crippen molar-refractivity contribution in [3.63, 3.8) is 0 Å². The third-order valence-corrected chi connectivity index (χ3v) is 8.01. The van der Waals surface area contributed by atoms with E-state index in [9.17, 15) is 13.7 Å². The molecule has 1 aliphatic rings. The number of rotatable bonds is 5. The summed E-state index contributed by atoms with van der Waals surface area (Å²) in [6, 6.07) is 24.9. The minimum Gasteiger partial charge on any atom is -0.290 e. The van der Waals surface area contributed by atoms with Crippen molar-refractivity contribution in [2.24, 2.45) is 0 Å². The molecular weight excluding hydrogens is 442 g/mol. The number of sulfonamides is 1. The normalized spacial score (nSPS) is 16.4. The fourth-order valence-electron chi connectivity index (χ4n) is 4.17. The highest BCUT2D eigenvalue weighted by Gasteiger charge is 2.33. The molecule has 0 N–H and O–H groups in total. The van der Waals surface area contributed by atoms with Crippen molar-refractivity contribution in [1.82, 2.24) is 9.21 Å². The zero-order valence-corrected chi connectivity index (χ0v) is 19.4. The van der Waals surface area contributed by atoms with Gasteiger partial charge in [-0.2, -0.15) is 9.57 Å². The maximum absolute atomic E-state index is 13.3. The van der Waals surface area contributed by atoms with E-state index in [-0.39, 0.29) is 16.5 Å². The largest absolute Gasteiger partial charge is 0.290 e. The molecule has 0 radical (unpaired) electrons. The lowest BCUT2D eigenvalue weighted by molar-refractivity contribution is 0.156. The Kier molecular flexibility index (Phi) is 6.63. The number of nitriles is 1. The van der Waals surface area contributed by atoms with Crippen molar-refractivity contribution < 1.29 is 8.42 Å².